The van der Waals surface area contributed by atoms with Gasteiger partial charge in [-0.2, -0.15) is 4.31 Å². The number of nitrogens with zero attached hydrogens (tertiary/aromatic N) is 1. The summed E-state index contributed by atoms with van der Waals surface area (Å²) in [7, 11) is -2.63. The standard InChI is InChI=1S/C23H25F2NO6S/c1-14-8-15(2)12-26(11-14)33(29,30)22-10-17(5-7-21(22)31-3)23(28)32-13-20(27)16-4-6-18(24)19(25)9-16/h4-7,9-10,14-15H,8,11-13H2,1-3H3. The van der Waals surface area contributed by atoms with E-state index < -0.39 is 40.0 Å². The molecule has 3 rings (SSSR count). The van der Waals surface area contributed by atoms with Gasteiger partial charge in [-0.05, 0) is 54.7 Å². The normalized spacial score (nSPS) is 19.2. The number of halogens is 2. The van der Waals surface area contributed by atoms with E-state index in [0.717, 1.165) is 24.6 Å². The molecule has 0 radical (unpaired) electrons. The summed E-state index contributed by atoms with van der Waals surface area (Å²) in [5.41, 5.74) is -0.251. The molecule has 2 unspecified atom stereocenters. The molecule has 0 aliphatic carbocycles. The van der Waals surface area contributed by atoms with E-state index in [2.05, 4.69) is 0 Å². The third-order valence-electron chi connectivity index (χ3n) is 5.43. The zero-order valence-corrected chi connectivity index (χ0v) is 19.3. The first-order chi connectivity index (χ1) is 15.5. The van der Waals surface area contributed by atoms with Crippen molar-refractivity contribution >= 4 is 21.8 Å². The largest absolute Gasteiger partial charge is 0.495 e. The van der Waals surface area contributed by atoms with Gasteiger partial charge in [-0.25, -0.2) is 22.0 Å². The molecule has 0 amide bonds. The summed E-state index contributed by atoms with van der Waals surface area (Å²) in [5.74, 6) is -3.53. The number of sulfonamides is 1. The van der Waals surface area contributed by atoms with Crippen molar-refractivity contribution < 1.29 is 36.3 Å². The van der Waals surface area contributed by atoms with Gasteiger partial charge in [0.1, 0.15) is 10.6 Å². The van der Waals surface area contributed by atoms with Crippen molar-refractivity contribution in [1.29, 1.82) is 0 Å². The van der Waals surface area contributed by atoms with Crippen LogP contribution in [-0.2, 0) is 14.8 Å². The molecule has 2 atom stereocenters. The highest BCUT2D eigenvalue weighted by Gasteiger charge is 2.34. The highest BCUT2D eigenvalue weighted by atomic mass is 32.2. The maximum absolute atomic E-state index is 13.3. The van der Waals surface area contributed by atoms with E-state index >= 15 is 0 Å². The molecule has 1 fully saturated rings. The zero-order valence-electron chi connectivity index (χ0n) is 18.5. The van der Waals surface area contributed by atoms with Crippen molar-refractivity contribution in [2.24, 2.45) is 11.8 Å². The highest BCUT2D eigenvalue weighted by molar-refractivity contribution is 7.89. The summed E-state index contributed by atoms with van der Waals surface area (Å²) < 4.78 is 64.6. The summed E-state index contributed by atoms with van der Waals surface area (Å²) in [4.78, 5) is 24.5. The van der Waals surface area contributed by atoms with Crippen molar-refractivity contribution in [3.8, 4) is 5.75 Å². The third-order valence-corrected chi connectivity index (χ3v) is 7.28. The number of hydrogen-bond donors (Lipinski definition) is 0. The van der Waals surface area contributed by atoms with Crippen molar-refractivity contribution in [3.63, 3.8) is 0 Å². The van der Waals surface area contributed by atoms with Gasteiger partial charge in [-0.15, -0.1) is 0 Å². The maximum atomic E-state index is 13.3. The molecule has 0 N–H and O–H groups in total. The van der Waals surface area contributed by atoms with E-state index in [1.807, 2.05) is 13.8 Å². The van der Waals surface area contributed by atoms with E-state index in [1.165, 1.54) is 23.5 Å². The van der Waals surface area contributed by atoms with Gasteiger partial charge in [-0.3, -0.25) is 4.79 Å². The molecule has 1 heterocycles. The second kappa shape index (κ2) is 9.96. The average molecular weight is 482 g/mol. The van der Waals surface area contributed by atoms with Crippen molar-refractivity contribution in [2.75, 3.05) is 26.8 Å². The number of Topliss-reactive ketones (excluding diaryl/α,β-unsaturated/α-hetero) is 1. The molecule has 1 aliphatic heterocycles. The van der Waals surface area contributed by atoms with Crippen LogP contribution in [0.1, 0.15) is 41.0 Å². The fraction of sp³-hybridized carbons (Fsp3) is 0.391. The summed E-state index contributed by atoms with van der Waals surface area (Å²) >= 11 is 0. The number of ether oxygens (including phenoxy) is 2. The average Bonchev–Trinajstić information content (AvgIpc) is 2.77. The number of piperidine rings is 1. The molecule has 2 aromatic carbocycles. The number of hydrogen-bond acceptors (Lipinski definition) is 6. The molecule has 1 aliphatic rings. The zero-order chi connectivity index (χ0) is 24.3. The number of carbonyl (C=O) groups excluding carboxylic acids is 2. The Hall–Kier alpha value is -2.85. The van der Waals surface area contributed by atoms with Crippen LogP contribution in [0.15, 0.2) is 41.3 Å². The number of carbonyl (C=O) groups is 2. The van der Waals surface area contributed by atoms with Crippen LogP contribution in [0.2, 0.25) is 0 Å². The van der Waals surface area contributed by atoms with Crippen LogP contribution >= 0.6 is 0 Å². The van der Waals surface area contributed by atoms with Gasteiger partial charge in [0.25, 0.3) is 0 Å². The van der Waals surface area contributed by atoms with Crippen LogP contribution in [0.5, 0.6) is 5.75 Å². The molecular formula is C23H25F2NO6S. The summed E-state index contributed by atoms with van der Waals surface area (Å²) in [6, 6.07) is 6.41. The van der Waals surface area contributed by atoms with Gasteiger partial charge in [-0.1, -0.05) is 13.8 Å². The van der Waals surface area contributed by atoms with Crippen LogP contribution in [0.4, 0.5) is 8.78 Å². The van der Waals surface area contributed by atoms with Crippen LogP contribution < -0.4 is 4.74 Å². The Balaban J connectivity index is 1.80. The van der Waals surface area contributed by atoms with Gasteiger partial charge in [0.15, 0.2) is 24.0 Å². The predicted octanol–water partition coefficient (Wildman–Crippen LogP) is 3.68. The topological polar surface area (TPSA) is 90.0 Å². The van der Waals surface area contributed by atoms with E-state index in [4.69, 9.17) is 9.47 Å². The molecule has 0 bridgehead atoms. The van der Waals surface area contributed by atoms with Crippen molar-refractivity contribution in [2.45, 2.75) is 25.2 Å². The predicted molar refractivity (Wildman–Crippen MR) is 116 cm³/mol. The maximum Gasteiger partial charge on any atom is 0.338 e. The number of methoxy groups -OCH3 is 1. The molecule has 33 heavy (non-hydrogen) atoms. The summed E-state index contributed by atoms with van der Waals surface area (Å²) in [6.45, 7) is 3.94. The SMILES string of the molecule is COc1ccc(C(=O)OCC(=O)c2ccc(F)c(F)c2)cc1S(=O)(=O)N1CC(C)CC(C)C1. The van der Waals surface area contributed by atoms with Gasteiger partial charge in [0.05, 0.1) is 12.7 Å². The molecule has 0 spiro atoms. The van der Waals surface area contributed by atoms with Crippen LogP contribution in [0, 0.1) is 23.5 Å². The Labute approximate surface area is 191 Å². The fourth-order valence-electron chi connectivity index (χ4n) is 3.91. The fourth-order valence-corrected chi connectivity index (χ4v) is 5.77. The molecule has 0 saturated carbocycles. The van der Waals surface area contributed by atoms with Gasteiger partial charge in [0.2, 0.25) is 10.0 Å². The molecule has 1 saturated heterocycles. The number of ketones is 1. The third kappa shape index (κ3) is 5.56. The van der Waals surface area contributed by atoms with Crippen molar-refractivity contribution in [3.05, 3.63) is 59.2 Å². The van der Waals surface area contributed by atoms with Gasteiger partial charge >= 0.3 is 5.97 Å². The van der Waals surface area contributed by atoms with Gasteiger partial charge in [0, 0.05) is 18.7 Å². The van der Waals surface area contributed by atoms with E-state index in [-0.39, 0.29) is 33.6 Å². The van der Waals surface area contributed by atoms with E-state index in [1.54, 1.807) is 0 Å². The van der Waals surface area contributed by atoms with E-state index in [9.17, 15) is 26.8 Å². The highest BCUT2D eigenvalue weighted by Crippen LogP contribution is 2.32. The van der Waals surface area contributed by atoms with Crippen LogP contribution in [-0.4, -0.2) is 51.3 Å². The Kier molecular flexibility index (Phi) is 7.48. The Morgan fingerprint density at radius 3 is 2.24 bits per heavy atom. The van der Waals surface area contributed by atoms with Crippen LogP contribution in [0.25, 0.3) is 0 Å². The second-order valence-electron chi connectivity index (χ2n) is 8.26. The number of rotatable bonds is 7. The molecule has 7 nitrogen and oxygen atoms in total. The summed E-state index contributed by atoms with van der Waals surface area (Å²) in [5, 5.41) is 0. The first-order valence-corrected chi connectivity index (χ1v) is 11.8. The minimum absolute atomic E-state index is 0.0790. The molecule has 10 heteroatoms. The monoisotopic (exact) mass is 481 g/mol. The quantitative estimate of drug-likeness (QED) is 0.443. The number of esters is 1. The second-order valence-corrected chi connectivity index (χ2v) is 10.2. The Morgan fingerprint density at radius 1 is 1.00 bits per heavy atom. The molecule has 178 valence electrons. The van der Waals surface area contributed by atoms with Gasteiger partial charge < -0.3 is 9.47 Å². The minimum Gasteiger partial charge on any atom is -0.495 e. The first kappa shape index (κ1) is 24.8. The Bertz CT molecular complexity index is 1160. The Morgan fingerprint density at radius 2 is 1.64 bits per heavy atom. The lowest BCUT2D eigenvalue weighted by Crippen LogP contribution is -2.42. The minimum atomic E-state index is -3.95. The molecule has 2 aromatic rings. The molecule has 0 aromatic heterocycles. The van der Waals surface area contributed by atoms with Crippen LogP contribution in [0.3, 0.4) is 0 Å². The number of benzene rings is 2. The lowest BCUT2D eigenvalue weighted by molar-refractivity contribution is 0.0474. The van der Waals surface area contributed by atoms with Crippen molar-refractivity contribution in [1.82, 2.24) is 4.31 Å². The molecular weight excluding hydrogens is 456 g/mol. The first-order valence-electron chi connectivity index (χ1n) is 10.4. The lowest BCUT2D eigenvalue weighted by Gasteiger charge is -2.34. The smallest absolute Gasteiger partial charge is 0.338 e. The van der Waals surface area contributed by atoms with E-state index in [0.29, 0.717) is 19.2 Å². The summed E-state index contributed by atoms with van der Waals surface area (Å²) in [6.07, 6.45) is 0.918. The lowest BCUT2D eigenvalue weighted by atomic mass is 9.94.